The van der Waals surface area contributed by atoms with Gasteiger partial charge in [0.15, 0.2) is 11.6 Å². The molecule has 0 spiro atoms. The number of Topliss-reactive ketones (excluding diaryl/α,β-unsaturated/α-hetero) is 1. The number of carbonyl (C=O) groups is 1. The molecular weight excluding hydrogens is 476 g/mol. The average molecular weight is 503 g/mol. The lowest BCUT2D eigenvalue weighted by molar-refractivity contribution is 0.101. The molecule has 1 unspecified atom stereocenters. The minimum absolute atomic E-state index is 0.0907. The third-order valence-corrected chi connectivity index (χ3v) is 6.39. The molecule has 0 aliphatic rings. The van der Waals surface area contributed by atoms with Gasteiger partial charge in [0.05, 0.1) is 11.1 Å². The molecule has 4 aromatic rings. The number of nitrogens with two attached hydrogens (primary N) is 2. The Morgan fingerprint density at radius 3 is 2.56 bits per heavy atom. The van der Waals surface area contributed by atoms with Crippen molar-refractivity contribution in [2.24, 2.45) is 16.7 Å². The van der Waals surface area contributed by atoms with Crippen LogP contribution in [0.5, 0.6) is 11.5 Å². The van der Waals surface area contributed by atoms with Crippen molar-refractivity contribution in [2.45, 2.75) is 19.6 Å². The molecule has 184 valence electrons. The van der Waals surface area contributed by atoms with Crippen LogP contribution in [0.3, 0.4) is 0 Å². The van der Waals surface area contributed by atoms with E-state index in [9.17, 15) is 15.0 Å². The lowest BCUT2D eigenvalue weighted by Gasteiger charge is -2.16. The summed E-state index contributed by atoms with van der Waals surface area (Å²) in [6, 6.07) is 19.6. The Labute approximate surface area is 212 Å². The Balaban J connectivity index is 1.52. The number of hydrazone groups is 1. The quantitative estimate of drug-likeness (QED) is 0.0763. The number of hydrazine groups is 1. The van der Waals surface area contributed by atoms with Crippen molar-refractivity contribution in [1.29, 1.82) is 0 Å². The molecule has 0 aliphatic heterocycles. The number of ketones is 1. The van der Waals surface area contributed by atoms with E-state index in [0.29, 0.717) is 28.0 Å². The van der Waals surface area contributed by atoms with E-state index in [4.69, 9.17) is 16.3 Å². The smallest absolute Gasteiger partial charge is 0.163 e. The van der Waals surface area contributed by atoms with E-state index in [2.05, 4.69) is 10.6 Å². The van der Waals surface area contributed by atoms with E-state index in [-0.39, 0.29) is 29.5 Å². The minimum Gasteiger partial charge on any atom is -0.506 e. The van der Waals surface area contributed by atoms with E-state index in [0.717, 1.165) is 11.1 Å². The van der Waals surface area contributed by atoms with Gasteiger partial charge in [-0.3, -0.25) is 4.79 Å². The second-order valence-corrected chi connectivity index (χ2v) is 8.87. The maximum Gasteiger partial charge on any atom is 0.163 e. The van der Waals surface area contributed by atoms with Crippen molar-refractivity contribution in [3.05, 3.63) is 105 Å². The molecule has 0 radical (unpaired) electrons. The second kappa shape index (κ2) is 11.0. The number of carbonyl (C=O) groups excluding carboxylic acids is 1. The van der Waals surface area contributed by atoms with E-state index in [1.807, 2.05) is 41.1 Å². The predicted molar refractivity (Wildman–Crippen MR) is 141 cm³/mol. The summed E-state index contributed by atoms with van der Waals surface area (Å²) in [5, 5.41) is 29.2. The number of phenolic OH excluding ortho intramolecular Hbond substituents is 1. The van der Waals surface area contributed by atoms with Crippen molar-refractivity contribution >= 4 is 23.0 Å². The molecule has 8 nitrogen and oxygen atoms in total. The zero-order chi connectivity index (χ0) is 25.7. The van der Waals surface area contributed by atoms with Crippen molar-refractivity contribution in [1.82, 2.24) is 5.53 Å². The molecule has 7 N–H and O–H groups in total. The molecule has 9 heteroatoms. The van der Waals surface area contributed by atoms with Crippen LogP contribution >= 0.6 is 11.3 Å². The molecule has 0 saturated heterocycles. The molecule has 1 atom stereocenters. The van der Waals surface area contributed by atoms with Crippen LogP contribution in [0.1, 0.15) is 45.6 Å². The van der Waals surface area contributed by atoms with Crippen molar-refractivity contribution in [3.8, 4) is 22.6 Å². The number of hydrogen-bond donors (Lipinski definition) is 5. The second-order valence-electron chi connectivity index (χ2n) is 8.09. The number of rotatable bonds is 9. The highest BCUT2D eigenvalue weighted by Gasteiger charge is 2.19. The summed E-state index contributed by atoms with van der Waals surface area (Å²) in [6.45, 7) is 1.65. The highest BCUT2D eigenvalue weighted by Crippen LogP contribution is 2.41. The first-order valence-corrected chi connectivity index (χ1v) is 12.0. The molecule has 4 rings (SSSR count). The molecule has 0 aliphatic carbocycles. The number of phenols is 1. The van der Waals surface area contributed by atoms with Crippen LogP contribution in [-0.2, 0) is 6.61 Å². The van der Waals surface area contributed by atoms with Crippen LogP contribution in [0.25, 0.3) is 11.1 Å². The number of hydrogen-bond acceptors (Lipinski definition) is 8. The van der Waals surface area contributed by atoms with Gasteiger partial charge in [0.25, 0.3) is 0 Å². The first kappa shape index (κ1) is 24.9. The van der Waals surface area contributed by atoms with Crippen LogP contribution in [0.4, 0.5) is 0 Å². The summed E-state index contributed by atoms with van der Waals surface area (Å²) in [6.07, 6.45) is -0.861. The molecule has 1 aromatic heterocycles. The first-order chi connectivity index (χ1) is 17.4. The van der Waals surface area contributed by atoms with Crippen LogP contribution in [-0.4, -0.2) is 21.8 Å². The average Bonchev–Trinajstić information content (AvgIpc) is 3.42. The lowest BCUT2D eigenvalue weighted by atomic mass is 9.98. The fourth-order valence-electron chi connectivity index (χ4n) is 3.81. The standard InChI is InChI=1S/C27H26N4O4S/c1-16(32)22-9-10-23(24(26(22)34)21-11-12-36-15-21)35-14-17-5-7-18(8-6-17)25(33)19-3-2-4-20(13-19)27(28)30-31-29/h2-13,15,25,31,33-34H,14,29H2,1H3,(H2,28,30). The van der Waals surface area contributed by atoms with Crippen molar-refractivity contribution in [3.63, 3.8) is 0 Å². The van der Waals surface area contributed by atoms with E-state index in [1.54, 1.807) is 36.4 Å². The van der Waals surface area contributed by atoms with Gasteiger partial charge in [0.1, 0.15) is 24.2 Å². The topological polar surface area (TPSA) is 143 Å². The molecule has 3 aromatic carbocycles. The first-order valence-electron chi connectivity index (χ1n) is 11.1. The summed E-state index contributed by atoms with van der Waals surface area (Å²) in [4.78, 5) is 11.9. The summed E-state index contributed by atoms with van der Waals surface area (Å²) in [5.74, 6) is 5.56. The zero-order valence-electron chi connectivity index (χ0n) is 19.5. The van der Waals surface area contributed by atoms with Gasteiger partial charge in [0, 0.05) is 5.56 Å². The number of amidine groups is 1. The number of ether oxygens (including phenoxy) is 1. The number of thiophene rings is 1. The van der Waals surface area contributed by atoms with Crippen molar-refractivity contribution < 1.29 is 19.7 Å². The number of aliphatic hydroxyl groups excluding tert-OH is 1. The number of aliphatic hydroxyl groups is 1. The molecular formula is C27H26N4O4S. The normalized spacial score (nSPS) is 12.2. The van der Waals surface area contributed by atoms with Crippen LogP contribution < -0.4 is 21.8 Å². The van der Waals surface area contributed by atoms with Crippen LogP contribution in [0, 0.1) is 0 Å². The predicted octanol–water partition coefficient (Wildman–Crippen LogP) is 4.07. The largest absolute Gasteiger partial charge is 0.506 e. The van der Waals surface area contributed by atoms with Gasteiger partial charge in [-0.15, -0.1) is 5.10 Å². The minimum atomic E-state index is -0.861. The summed E-state index contributed by atoms with van der Waals surface area (Å²) >= 11 is 1.49. The van der Waals surface area contributed by atoms with Crippen molar-refractivity contribution in [2.75, 3.05) is 0 Å². The number of nitrogens with zero attached hydrogens (tertiary/aromatic N) is 1. The summed E-state index contributed by atoms with van der Waals surface area (Å²) < 4.78 is 6.04. The number of nitrogens with one attached hydrogen (secondary N) is 1. The molecule has 1 heterocycles. The molecule has 0 bridgehead atoms. The summed E-state index contributed by atoms with van der Waals surface area (Å²) in [5.41, 5.74) is 12.4. The van der Waals surface area contributed by atoms with Gasteiger partial charge >= 0.3 is 0 Å². The van der Waals surface area contributed by atoms with E-state index >= 15 is 0 Å². The Bertz CT molecular complexity index is 1390. The molecule has 0 fully saturated rings. The zero-order valence-corrected chi connectivity index (χ0v) is 20.3. The number of aromatic hydroxyl groups is 1. The molecule has 0 saturated carbocycles. The Kier molecular flexibility index (Phi) is 7.65. The molecule has 36 heavy (non-hydrogen) atoms. The number of benzene rings is 3. The Morgan fingerprint density at radius 1 is 1.11 bits per heavy atom. The highest BCUT2D eigenvalue weighted by atomic mass is 32.1. The van der Waals surface area contributed by atoms with Gasteiger partial charge in [-0.05, 0) is 64.2 Å². The Morgan fingerprint density at radius 2 is 1.89 bits per heavy atom. The van der Waals surface area contributed by atoms with E-state index < -0.39 is 6.10 Å². The third kappa shape index (κ3) is 5.38. The monoisotopic (exact) mass is 502 g/mol. The van der Waals surface area contributed by atoms with Gasteiger partial charge in [0.2, 0.25) is 0 Å². The lowest BCUT2D eigenvalue weighted by Crippen LogP contribution is -2.23. The summed E-state index contributed by atoms with van der Waals surface area (Å²) in [7, 11) is 0. The maximum atomic E-state index is 11.9. The Hall–Kier alpha value is -4.18. The molecule has 0 amide bonds. The fraction of sp³-hybridized carbons (Fsp3) is 0.111. The highest BCUT2D eigenvalue weighted by molar-refractivity contribution is 7.08. The maximum absolute atomic E-state index is 11.9. The fourth-order valence-corrected chi connectivity index (χ4v) is 4.46. The SMILES string of the molecule is CC(=O)c1ccc(OCc2ccc(C(O)c3cccc(/C(N)=N/NN)c3)cc2)c(-c2ccsc2)c1O. The van der Waals surface area contributed by atoms with Gasteiger partial charge in [-0.25, -0.2) is 11.4 Å². The van der Waals surface area contributed by atoms with Gasteiger partial charge in [-0.2, -0.15) is 11.3 Å². The van der Waals surface area contributed by atoms with Gasteiger partial charge < -0.3 is 20.7 Å². The third-order valence-electron chi connectivity index (χ3n) is 5.70. The van der Waals surface area contributed by atoms with Crippen LogP contribution in [0.15, 0.2) is 82.6 Å². The van der Waals surface area contributed by atoms with Crippen LogP contribution in [0.2, 0.25) is 0 Å². The van der Waals surface area contributed by atoms with E-state index in [1.165, 1.54) is 18.3 Å². The van der Waals surface area contributed by atoms with Gasteiger partial charge in [-0.1, -0.05) is 42.5 Å².